The van der Waals surface area contributed by atoms with E-state index in [4.69, 9.17) is 5.73 Å². The molecule has 0 radical (unpaired) electrons. The molecule has 0 saturated carbocycles. The Morgan fingerprint density at radius 2 is 2.00 bits per heavy atom. The van der Waals surface area contributed by atoms with Crippen LogP contribution in [-0.2, 0) is 4.74 Å². The van der Waals surface area contributed by atoms with Gasteiger partial charge >= 0.3 is 5.97 Å². The predicted molar refractivity (Wildman–Crippen MR) is 71.0 cm³/mol. The number of rotatable bonds is 4. The molecule has 0 fully saturated rings. The van der Waals surface area contributed by atoms with Crippen LogP contribution in [0.25, 0.3) is 0 Å². The van der Waals surface area contributed by atoms with Crippen LogP contribution in [0.15, 0.2) is 4.21 Å². The summed E-state index contributed by atoms with van der Waals surface area (Å²) in [6.07, 6.45) is 1.83. The number of thiophene rings is 1. The van der Waals surface area contributed by atoms with Gasteiger partial charge in [0.05, 0.1) is 21.9 Å². The zero-order valence-corrected chi connectivity index (χ0v) is 11.8. The third kappa shape index (κ3) is 2.63. The number of nitrogen functional groups attached to an aromatic ring is 1. The van der Waals surface area contributed by atoms with Crippen molar-refractivity contribution in [1.82, 2.24) is 0 Å². The number of hydrogen-bond donors (Lipinski definition) is 1. The average molecular weight is 273 g/mol. The highest BCUT2D eigenvalue weighted by molar-refractivity contribution is 8.00. The van der Waals surface area contributed by atoms with Gasteiger partial charge in [-0.25, -0.2) is 4.79 Å². The Kier molecular flexibility index (Phi) is 4.59. The average Bonchev–Trinajstić information content (AvgIpc) is 2.64. The van der Waals surface area contributed by atoms with Gasteiger partial charge < -0.3 is 10.5 Å². The van der Waals surface area contributed by atoms with Crippen LogP contribution in [0.5, 0.6) is 0 Å². The van der Waals surface area contributed by atoms with E-state index < -0.39 is 5.97 Å². The first-order chi connectivity index (χ1) is 7.93. The topological polar surface area (TPSA) is 69.4 Å². The summed E-state index contributed by atoms with van der Waals surface area (Å²) in [6, 6.07) is 0. The van der Waals surface area contributed by atoms with E-state index in [0.29, 0.717) is 10.4 Å². The minimum Gasteiger partial charge on any atom is -0.465 e. The number of ether oxygens (including phenoxy) is 1. The summed E-state index contributed by atoms with van der Waals surface area (Å²) in [5, 5.41) is 0. The van der Waals surface area contributed by atoms with Crippen molar-refractivity contribution >= 4 is 40.5 Å². The maximum absolute atomic E-state index is 11.9. The Bertz CT molecular complexity index is 452. The molecular weight excluding hydrogens is 258 g/mol. The first-order valence-corrected chi connectivity index (χ1v) is 7.06. The molecule has 0 aliphatic rings. The van der Waals surface area contributed by atoms with E-state index in [9.17, 15) is 9.59 Å². The summed E-state index contributed by atoms with van der Waals surface area (Å²) < 4.78 is 5.40. The number of anilines is 1. The number of carbonyl (C=O) groups excluding carboxylic acids is 2. The molecule has 0 amide bonds. The van der Waals surface area contributed by atoms with Crippen LogP contribution in [0.1, 0.15) is 33.9 Å². The van der Waals surface area contributed by atoms with Crippen LogP contribution in [0.2, 0.25) is 0 Å². The number of methoxy groups -OCH3 is 1. The predicted octanol–water partition coefficient (Wildman–Crippen LogP) is 2.68. The maximum Gasteiger partial charge on any atom is 0.342 e. The molecule has 0 bridgehead atoms. The molecule has 94 valence electrons. The van der Waals surface area contributed by atoms with Crippen LogP contribution in [0.4, 0.5) is 5.69 Å². The molecule has 0 atom stereocenters. The lowest BCUT2D eigenvalue weighted by Crippen LogP contribution is -2.10. The summed E-state index contributed by atoms with van der Waals surface area (Å²) in [5.41, 5.74) is 6.42. The highest BCUT2D eigenvalue weighted by atomic mass is 32.2. The van der Waals surface area contributed by atoms with Crippen molar-refractivity contribution in [3.8, 4) is 0 Å². The van der Waals surface area contributed by atoms with Gasteiger partial charge in [0.2, 0.25) is 0 Å². The summed E-state index contributed by atoms with van der Waals surface area (Å²) >= 11 is 2.64. The Balaban J connectivity index is 3.33. The second kappa shape index (κ2) is 5.55. The SMILES string of the molecule is COC(=O)c1c(SC)sc(C(=O)C(C)C)c1N. The van der Waals surface area contributed by atoms with Gasteiger partial charge in [-0.3, -0.25) is 4.79 Å². The fourth-order valence-electron chi connectivity index (χ4n) is 1.31. The van der Waals surface area contributed by atoms with Gasteiger partial charge in [0.15, 0.2) is 5.78 Å². The van der Waals surface area contributed by atoms with Crippen molar-refractivity contribution in [3.05, 3.63) is 10.4 Å². The van der Waals surface area contributed by atoms with Gasteiger partial charge in [-0.2, -0.15) is 0 Å². The van der Waals surface area contributed by atoms with Crippen LogP contribution in [0, 0.1) is 5.92 Å². The Morgan fingerprint density at radius 1 is 1.41 bits per heavy atom. The van der Waals surface area contributed by atoms with E-state index in [1.165, 1.54) is 30.2 Å². The molecule has 0 spiro atoms. The molecular formula is C11H15NO3S2. The first-order valence-electron chi connectivity index (χ1n) is 5.02. The van der Waals surface area contributed by atoms with E-state index >= 15 is 0 Å². The van der Waals surface area contributed by atoms with Gasteiger partial charge in [-0.1, -0.05) is 13.8 Å². The molecule has 1 aromatic rings. The summed E-state index contributed by atoms with van der Waals surface area (Å²) in [7, 11) is 1.30. The van der Waals surface area contributed by atoms with Gasteiger partial charge in [-0.05, 0) is 6.26 Å². The molecule has 0 aliphatic heterocycles. The number of Topliss-reactive ketones (excluding diaryl/α,β-unsaturated/α-hetero) is 1. The fourth-order valence-corrected chi connectivity index (χ4v) is 3.32. The van der Waals surface area contributed by atoms with E-state index in [1.54, 1.807) is 13.8 Å². The van der Waals surface area contributed by atoms with Crippen molar-refractivity contribution in [2.24, 2.45) is 5.92 Å². The quantitative estimate of drug-likeness (QED) is 0.519. The van der Waals surface area contributed by atoms with Crippen LogP contribution in [-0.4, -0.2) is 25.1 Å². The summed E-state index contributed by atoms with van der Waals surface area (Å²) in [4.78, 5) is 24.0. The Morgan fingerprint density at radius 3 is 2.41 bits per heavy atom. The number of hydrogen-bond acceptors (Lipinski definition) is 6. The zero-order chi connectivity index (χ0) is 13.2. The molecule has 0 saturated heterocycles. The van der Waals surface area contributed by atoms with E-state index in [-0.39, 0.29) is 17.4 Å². The lowest BCUT2D eigenvalue weighted by atomic mass is 10.1. The van der Waals surface area contributed by atoms with Crippen molar-refractivity contribution in [2.45, 2.75) is 18.1 Å². The van der Waals surface area contributed by atoms with Gasteiger partial charge in [0, 0.05) is 5.92 Å². The molecule has 0 aromatic carbocycles. The molecule has 1 heterocycles. The standard InChI is InChI=1S/C11H15NO3S2/c1-5(2)8(13)9-7(12)6(10(14)15-3)11(16-4)17-9/h5H,12H2,1-4H3. The summed E-state index contributed by atoms with van der Waals surface area (Å²) in [5.74, 6) is -0.681. The maximum atomic E-state index is 11.9. The number of thioether (sulfide) groups is 1. The third-order valence-electron chi connectivity index (χ3n) is 2.24. The van der Waals surface area contributed by atoms with Gasteiger partial charge in [0.25, 0.3) is 0 Å². The minimum absolute atomic E-state index is 0.0436. The van der Waals surface area contributed by atoms with Crippen LogP contribution >= 0.6 is 23.1 Å². The van der Waals surface area contributed by atoms with E-state index in [1.807, 2.05) is 6.26 Å². The number of ketones is 1. The van der Waals surface area contributed by atoms with Crippen molar-refractivity contribution < 1.29 is 14.3 Å². The first kappa shape index (κ1) is 14.1. The molecule has 2 N–H and O–H groups in total. The molecule has 1 rings (SSSR count). The molecule has 0 aliphatic carbocycles. The van der Waals surface area contributed by atoms with Crippen LogP contribution in [0.3, 0.4) is 0 Å². The third-order valence-corrected chi connectivity index (χ3v) is 4.58. The van der Waals surface area contributed by atoms with E-state index in [0.717, 1.165) is 4.21 Å². The molecule has 4 nitrogen and oxygen atoms in total. The van der Waals surface area contributed by atoms with Gasteiger partial charge in [0.1, 0.15) is 5.56 Å². The zero-order valence-electron chi connectivity index (χ0n) is 10.2. The van der Waals surface area contributed by atoms with Gasteiger partial charge in [-0.15, -0.1) is 23.1 Å². The molecule has 0 unspecified atom stereocenters. The normalized spacial score (nSPS) is 10.6. The molecule has 17 heavy (non-hydrogen) atoms. The van der Waals surface area contributed by atoms with Crippen molar-refractivity contribution in [1.29, 1.82) is 0 Å². The second-order valence-corrected chi connectivity index (χ2v) is 5.82. The number of esters is 1. The lowest BCUT2D eigenvalue weighted by Gasteiger charge is -2.03. The molecule has 1 aromatic heterocycles. The second-order valence-electron chi connectivity index (χ2n) is 3.72. The Hall–Kier alpha value is -1.01. The Labute approximate surface area is 109 Å². The highest BCUT2D eigenvalue weighted by Crippen LogP contribution is 2.38. The van der Waals surface area contributed by atoms with Crippen LogP contribution < -0.4 is 5.73 Å². The number of nitrogens with two attached hydrogens (primary N) is 1. The van der Waals surface area contributed by atoms with Crippen molar-refractivity contribution in [3.63, 3.8) is 0 Å². The fraction of sp³-hybridized carbons (Fsp3) is 0.455. The minimum atomic E-state index is -0.495. The smallest absolute Gasteiger partial charge is 0.342 e. The lowest BCUT2D eigenvalue weighted by molar-refractivity contribution is 0.0599. The largest absolute Gasteiger partial charge is 0.465 e. The number of carbonyl (C=O) groups is 2. The van der Waals surface area contributed by atoms with Crippen molar-refractivity contribution in [2.75, 3.05) is 19.1 Å². The van der Waals surface area contributed by atoms with E-state index in [2.05, 4.69) is 4.74 Å². The monoisotopic (exact) mass is 273 g/mol. The molecule has 6 heteroatoms. The highest BCUT2D eigenvalue weighted by Gasteiger charge is 2.26. The summed E-state index contributed by atoms with van der Waals surface area (Å²) in [6.45, 7) is 3.61.